The molecule has 71 heavy (non-hydrogen) atoms. The van der Waals surface area contributed by atoms with Crippen LogP contribution >= 0.6 is 11.3 Å². The Morgan fingerprint density at radius 3 is 2.01 bits per heavy atom. The minimum Gasteiger partial charge on any atom is -0.443 e. The van der Waals surface area contributed by atoms with Gasteiger partial charge in [-0.25, -0.2) is 24.9 Å². The molecule has 0 unspecified atom stereocenters. The van der Waals surface area contributed by atoms with Crippen molar-refractivity contribution in [2.75, 3.05) is 0 Å². The van der Waals surface area contributed by atoms with Gasteiger partial charge in [-0.2, -0.15) is 0 Å². The van der Waals surface area contributed by atoms with Gasteiger partial charge < -0.3 is 61.3 Å². The fourth-order valence-electron chi connectivity index (χ4n) is 5.98. The van der Waals surface area contributed by atoms with Crippen molar-refractivity contribution in [3.8, 4) is 22.0 Å². The van der Waals surface area contributed by atoms with Crippen LogP contribution in [0.2, 0.25) is 0 Å². The van der Waals surface area contributed by atoms with Gasteiger partial charge in [0.15, 0.2) is 11.4 Å². The number of aromatic nitrogens is 5. The Kier molecular flexibility index (Phi) is 16.9. The lowest BCUT2D eigenvalue weighted by Crippen LogP contribution is -2.51. The Bertz CT molecular complexity index is 3020. The molecular weight excluding hydrogens is 947 g/mol. The lowest BCUT2D eigenvalue weighted by atomic mass is 10.0. The number of nitrogens with zero attached hydrogens (tertiary/aromatic N) is 5. The van der Waals surface area contributed by atoms with Crippen LogP contribution in [0.4, 0.5) is 0 Å². The molecule has 3 atom stereocenters. The quantitative estimate of drug-likeness (QED) is 0.0473. The Labute approximate surface area is 407 Å². The number of carbonyl (C=O) groups excluding carboxylic acids is 8. The molecule has 5 aromatic heterocycles. The zero-order chi connectivity index (χ0) is 52.4. The van der Waals surface area contributed by atoms with Crippen molar-refractivity contribution >= 4 is 75.7 Å². The molecule has 0 aliphatic rings. The van der Waals surface area contributed by atoms with Crippen LogP contribution in [0.1, 0.15) is 89.5 Å². The summed E-state index contributed by atoms with van der Waals surface area (Å²) in [4.78, 5) is 123. The molecule has 10 N–H and O–H groups in total. The van der Waals surface area contributed by atoms with E-state index in [1.165, 1.54) is 57.4 Å². The van der Waals surface area contributed by atoms with Crippen LogP contribution in [0.25, 0.3) is 39.1 Å². The van der Waals surface area contributed by atoms with Crippen LogP contribution in [0, 0.1) is 12.8 Å². The summed E-state index contributed by atoms with van der Waals surface area (Å²) in [6, 6.07) is 0.502. The third-order valence-corrected chi connectivity index (χ3v) is 10.4. The van der Waals surface area contributed by atoms with E-state index in [4.69, 9.17) is 19.0 Å². The van der Waals surface area contributed by atoms with E-state index in [0.29, 0.717) is 10.6 Å². The van der Waals surface area contributed by atoms with Gasteiger partial charge in [-0.3, -0.25) is 38.4 Å². The number of aryl methyl sites for hydroxylation is 1. The highest BCUT2D eigenvalue weighted by Crippen LogP contribution is 2.32. The van der Waals surface area contributed by atoms with Gasteiger partial charge in [-0.15, -0.1) is 11.3 Å². The predicted molar refractivity (Wildman–Crippen MR) is 253 cm³/mol. The van der Waals surface area contributed by atoms with Crippen molar-refractivity contribution in [1.82, 2.24) is 62.1 Å². The van der Waals surface area contributed by atoms with Crippen molar-refractivity contribution in [2.45, 2.75) is 59.7 Å². The van der Waals surface area contributed by atoms with E-state index in [0.717, 1.165) is 6.26 Å². The second kappa shape index (κ2) is 22.8. The summed E-state index contributed by atoms with van der Waals surface area (Å²) in [7, 11) is 0. The van der Waals surface area contributed by atoms with Gasteiger partial charge in [0.25, 0.3) is 29.5 Å². The Balaban J connectivity index is 1.14. The molecule has 0 fully saturated rings. The van der Waals surface area contributed by atoms with Gasteiger partial charge in [-0.05, 0) is 38.8 Å². The zero-order valence-electron chi connectivity index (χ0n) is 38.8. The number of aliphatic hydroxyl groups excluding tert-OH is 1. The normalized spacial score (nSPS) is 12.4. The number of carbonyl (C=O) groups is 8. The maximum Gasteiger partial charge on any atom is 0.278 e. The van der Waals surface area contributed by atoms with E-state index in [1.807, 2.05) is 0 Å². The monoisotopic (exact) mass is 993 g/mol. The number of hydrogen-bond donors (Lipinski definition) is 9. The number of pyridine rings is 1. The summed E-state index contributed by atoms with van der Waals surface area (Å²) in [6.07, 6.45) is 3.91. The number of hydrogen-bond acceptors (Lipinski definition) is 18. The van der Waals surface area contributed by atoms with E-state index in [2.05, 4.69) is 88.5 Å². The maximum atomic E-state index is 13.4. The summed E-state index contributed by atoms with van der Waals surface area (Å²) in [5.74, 6) is -7.91. The van der Waals surface area contributed by atoms with Crippen molar-refractivity contribution in [2.24, 2.45) is 11.7 Å². The van der Waals surface area contributed by atoms with Crippen LogP contribution in [0.5, 0.6) is 0 Å². The number of thiazole rings is 1. The van der Waals surface area contributed by atoms with Gasteiger partial charge in [0.1, 0.15) is 52.5 Å². The number of rotatable bonds is 21. The molecule has 370 valence electrons. The van der Waals surface area contributed by atoms with E-state index in [-0.39, 0.29) is 69.0 Å². The minimum atomic E-state index is -1.31. The average Bonchev–Trinajstić information content (AvgIpc) is 4.16. The molecule has 0 saturated heterocycles. The third kappa shape index (κ3) is 13.1. The molecule has 0 bridgehead atoms. The fourth-order valence-corrected chi connectivity index (χ4v) is 6.65. The van der Waals surface area contributed by atoms with Crippen molar-refractivity contribution < 1.29 is 56.7 Å². The smallest absolute Gasteiger partial charge is 0.278 e. The first kappa shape index (κ1) is 52.8. The number of primary amides is 1. The average molecular weight is 994 g/mol. The summed E-state index contributed by atoms with van der Waals surface area (Å²) >= 11 is 1.32. The van der Waals surface area contributed by atoms with E-state index < -0.39 is 82.8 Å². The third-order valence-electron chi connectivity index (χ3n) is 9.57. The summed E-state index contributed by atoms with van der Waals surface area (Å²) in [5, 5.41) is 29.0. The van der Waals surface area contributed by atoms with Crippen LogP contribution in [-0.2, 0) is 24.0 Å². The molecule has 5 rings (SSSR count). The standard InChI is InChI=1S/C45H47N13O12S/c1-11-27(54-40(66)32(23(8)59)52-25(10)60)44-56-30(17-69-44)38(64)48-20(5)37(63)57-31(18(2)3)39(65)51-22(7)43-58-33(24(9)70-43)41(67)49-19(4)36(62)50-21(6)42-55-29(16-68-42)34-26(45-47-14-15-71-45)12-13-28(53-34)35(46)61/h11-18,23,31-32,59H,4-7H2,1-3,8-10H3,(H2,46,61)(H,48,64)(H,49,67)(H,50,62)(H,51,65)(H,52,60)(H,54,66)(H,57,63)/b27-11-/t23-,31+,32+/m1/s1. The maximum absolute atomic E-state index is 13.4. The molecule has 5 heterocycles. The highest BCUT2D eigenvalue weighted by molar-refractivity contribution is 7.13. The van der Waals surface area contributed by atoms with Gasteiger partial charge in [0.2, 0.25) is 35.4 Å². The van der Waals surface area contributed by atoms with Crippen LogP contribution in [0.3, 0.4) is 0 Å². The first-order valence-electron chi connectivity index (χ1n) is 20.8. The molecule has 0 saturated carbocycles. The predicted octanol–water partition coefficient (Wildman–Crippen LogP) is 1.81. The van der Waals surface area contributed by atoms with Crippen LogP contribution in [0.15, 0.2) is 93.3 Å². The van der Waals surface area contributed by atoms with Gasteiger partial charge in [0.05, 0.1) is 34.6 Å². The van der Waals surface area contributed by atoms with E-state index in [9.17, 15) is 43.5 Å². The lowest BCUT2D eigenvalue weighted by Gasteiger charge is -2.22. The second-order valence-electron chi connectivity index (χ2n) is 15.4. The SMILES string of the molecule is C=C(NC(=O)c1nc(C(=C)NC(=O)[C@@H](NC(=O)C(=C)NC(=O)c2coc(/C(=C/C)NC(=O)[C@@H](NC(C)=O)[C@@H](C)O)n2)C(C)C)oc1C)C(=O)NC(=C)c1nc(-c2nc(C(N)=O)ccc2-c2nccs2)co1. The highest BCUT2D eigenvalue weighted by Gasteiger charge is 2.30. The topological polar surface area (TPSA) is 371 Å². The van der Waals surface area contributed by atoms with Crippen LogP contribution < -0.4 is 43.0 Å². The molecule has 0 aliphatic carbocycles. The lowest BCUT2D eigenvalue weighted by molar-refractivity contribution is -0.129. The Morgan fingerprint density at radius 2 is 1.39 bits per heavy atom. The molecule has 0 aromatic carbocycles. The molecule has 0 aliphatic heterocycles. The summed E-state index contributed by atoms with van der Waals surface area (Å²) in [5.41, 5.74) is 4.43. The Morgan fingerprint density at radius 1 is 0.746 bits per heavy atom. The van der Waals surface area contributed by atoms with Gasteiger partial charge >= 0.3 is 0 Å². The van der Waals surface area contributed by atoms with E-state index >= 15 is 0 Å². The summed E-state index contributed by atoms with van der Waals surface area (Å²) in [6.45, 7) is 23.3. The molecule has 0 spiro atoms. The van der Waals surface area contributed by atoms with Crippen molar-refractivity contribution in [1.29, 1.82) is 0 Å². The zero-order valence-corrected chi connectivity index (χ0v) is 39.7. The van der Waals surface area contributed by atoms with Crippen LogP contribution in [-0.4, -0.2) is 95.5 Å². The minimum absolute atomic E-state index is 0.00275. The molecule has 26 heteroatoms. The van der Waals surface area contributed by atoms with Gasteiger partial charge in [0, 0.05) is 24.1 Å². The molecule has 0 radical (unpaired) electrons. The number of oxazole rings is 3. The van der Waals surface area contributed by atoms with Gasteiger partial charge in [-0.1, -0.05) is 46.2 Å². The number of aliphatic hydroxyl groups is 1. The second-order valence-corrected chi connectivity index (χ2v) is 16.3. The highest BCUT2D eigenvalue weighted by atomic mass is 32.1. The number of amides is 8. The summed E-state index contributed by atoms with van der Waals surface area (Å²) < 4.78 is 16.4. The number of nitrogens with two attached hydrogens (primary N) is 1. The molecule has 8 amide bonds. The molecular formula is C45H47N13O12S. The first-order valence-corrected chi connectivity index (χ1v) is 21.7. The van der Waals surface area contributed by atoms with Crippen molar-refractivity contribution in [3.63, 3.8) is 0 Å². The first-order chi connectivity index (χ1) is 33.5. The fraction of sp³-hybridized carbons (Fsp3) is 0.222. The molecule has 5 aromatic rings. The number of allylic oxidation sites excluding steroid dienone is 1. The number of nitrogens with one attached hydrogen (secondary N) is 7. The largest absolute Gasteiger partial charge is 0.443 e. The van der Waals surface area contributed by atoms with E-state index in [1.54, 1.807) is 31.5 Å². The van der Waals surface area contributed by atoms with Crippen molar-refractivity contribution in [3.05, 3.63) is 121 Å². The molecule has 25 nitrogen and oxygen atoms in total. The Hall–Kier alpha value is -9.17.